The van der Waals surface area contributed by atoms with E-state index in [4.69, 9.17) is 0 Å². The van der Waals surface area contributed by atoms with Gasteiger partial charge in [0.1, 0.15) is 0 Å². The molecule has 0 saturated carbocycles. The minimum absolute atomic E-state index is 0.000767. The van der Waals surface area contributed by atoms with E-state index in [1.54, 1.807) is 0 Å². The Morgan fingerprint density at radius 2 is 1.52 bits per heavy atom. The molecule has 1 aromatic rings. The molecule has 0 unspecified atom stereocenters. The highest BCUT2D eigenvalue weighted by Gasteiger charge is 2.29. The number of carbonyl (C=O) groups excluding carboxylic acids is 2. The Morgan fingerprint density at radius 1 is 0.905 bits per heavy atom. The maximum Gasteiger partial charge on any atom is 0.229 e. The van der Waals surface area contributed by atoms with Crippen molar-refractivity contribution in [2.45, 2.75) is 31.6 Å². The van der Waals surface area contributed by atoms with Crippen molar-refractivity contribution in [2.75, 3.05) is 26.2 Å². The average molecular weight is 286 g/mol. The van der Waals surface area contributed by atoms with Gasteiger partial charge in [0.2, 0.25) is 11.8 Å². The van der Waals surface area contributed by atoms with Gasteiger partial charge in [-0.3, -0.25) is 14.5 Å². The zero-order valence-corrected chi connectivity index (χ0v) is 12.3. The van der Waals surface area contributed by atoms with Gasteiger partial charge in [-0.15, -0.1) is 0 Å². The lowest BCUT2D eigenvalue weighted by Crippen LogP contribution is -2.41. The van der Waals surface area contributed by atoms with E-state index in [2.05, 4.69) is 35.2 Å². The summed E-state index contributed by atoms with van der Waals surface area (Å²) in [5, 5.41) is 0. The molecule has 0 atom stereocenters. The minimum Gasteiger partial charge on any atom is -0.302 e. The van der Waals surface area contributed by atoms with E-state index in [1.807, 2.05) is 0 Å². The molecule has 2 amide bonds. The van der Waals surface area contributed by atoms with Crippen LogP contribution in [0.5, 0.6) is 0 Å². The monoisotopic (exact) mass is 286 g/mol. The van der Waals surface area contributed by atoms with E-state index in [-0.39, 0.29) is 11.8 Å². The fourth-order valence-corrected chi connectivity index (χ4v) is 3.33. The molecule has 0 spiro atoms. The number of imide groups is 1. The Balaban J connectivity index is 1.46. The van der Waals surface area contributed by atoms with Crippen molar-refractivity contribution in [3.8, 4) is 0 Å². The van der Waals surface area contributed by atoms with Crippen molar-refractivity contribution in [3.05, 3.63) is 35.9 Å². The maximum atomic E-state index is 11.6. The molecule has 0 radical (unpaired) electrons. The van der Waals surface area contributed by atoms with Crippen LogP contribution in [-0.2, 0) is 9.59 Å². The lowest BCUT2D eigenvalue weighted by atomic mass is 9.89. The lowest BCUT2D eigenvalue weighted by molar-refractivity contribution is -0.138. The first-order valence-corrected chi connectivity index (χ1v) is 7.84. The van der Waals surface area contributed by atoms with Crippen LogP contribution < -0.4 is 0 Å². The fourth-order valence-electron chi connectivity index (χ4n) is 3.33. The number of benzene rings is 1. The van der Waals surface area contributed by atoms with Crippen LogP contribution >= 0.6 is 0 Å². The first-order chi connectivity index (χ1) is 10.2. The molecule has 112 valence electrons. The van der Waals surface area contributed by atoms with E-state index in [0.717, 1.165) is 32.5 Å². The van der Waals surface area contributed by atoms with Gasteiger partial charge in [0.05, 0.1) is 0 Å². The molecule has 2 aliphatic rings. The van der Waals surface area contributed by atoms with Crippen LogP contribution in [0.2, 0.25) is 0 Å². The Labute approximate surface area is 125 Å². The molecular weight excluding hydrogens is 264 g/mol. The van der Waals surface area contributed by atoms with Crippen LogP contribution in [0.25, 0.3) is 0 Å². The molecular formula is C17H22N2O2. The van der Waals surface area contributed by atoms with Gasteiger partial charge >= 0.3 is 0 Å². The molecule has 2 heterocycles. The lowest BCUT2D eigenvalue weighted by Gasteiger charge is -2.32. The molecule has 0 bridgehead atoms. The van der Waals surface area contributed by atoms with Crippen molar-refractivity contribution in [1.82, 2.24) is 9.80 Å². The second kappa shape index (κ2) is 6.39. The molecule has 4 nitrogen and oxygen atoms in total. The number of nitrogens with zero attached hydrogens (tertiary/aromatic N) is 2. The Morgan fingerprint density at radius 3 is 2.14 bits per heavy atom. The third kappa shape index (κ3) is 3.32. The quantitative estimate of drug-likeness (QED) is 0.795. The minimum atomic E-state index is -0.000767. The van der Waals surface area contributed by atoms with Crippen LogP contribution in [-0.4, -0.2) is 47.8 Å². The number of likely N-dealkylation sites (tertiary alicyclic amines) is 2. The summed E-state index contributed by atoms with van der Waals surface area (Å²) in [5.41, 5.74) is 1.43. The first-order valence-electron chi connectivity index (χ1n) is 7.84. The number of hydrogen-bond donors (Lipinski definition) is 0. The number of rotatable bonds is 4. The standard InChI is InChI=1S/C17H22N2O2/c20-16-6-7-17(21)19(16)13-12-18-10-8-15(9-11-18)14-4-2-1-3-5-14/h1-5,15H,6-13H2. The van der Waals surface area contributed by atoms with Gasteiger partial charge in [0.15, 0.2) is 0 Å². The van der Waals surface area contributed by atoms with Crippen LogP contribution in [0.15, 0.2) is 30.3 Å². The Kier molecular flexibility index (Phi) is 4.34. The predicted molar refractivity (Wildman–Crippen MR) is 80.8 cm³/mol. The first kappa shape index (κ1) is 14.3. The topological polar surface area (TPSA) is 40.6 Å². The average Bonchev–Trinajstić information content (AvgIpc) is 2.85. The number of amides is 2. The summed E-state index contributed by atoms with van der Waals surface area (Å²) in [6.07, 6.45) is 3.11. The van der Waals surface area contributed by atoms with E-state index < -0.39 is 0 Å². The van der Waals surface area contributed by atoms with E-state index in [1.165, 1.54) is 10.5 Å². The molecule has 4 heteroatoms. The summed E-state index contributed by atoms with van der Waals surface area (Å²) in [6.45, 7) is 3.48. The van der Waals surface area contributed by atoms with E-state index in [0.29, 0.717) is 25.3 Å². The molecule has 2 saturated heterocycles. The Hall–Kier alpha value is -1.68. The van der Waals surface area contributed by atoms with Gasteiger partial charge < -0.3 is 4.90 Å². The number of carbonyl (C=O) groups is 2. The molecule has 0 N–H and O–H groups in total. The Bertz CT molecular complexity index is 491. The maximum absolute atomic E-state index is 11.6. The fraction of sp³-hybridized carbons (Fsp3) is 0.529. The van der Waals surface area contributed by atoms with Crippen LogP contribution in [0, 0.1) is 0 Å². The highest BCUT2D eigenvalue weighted by atomic mass is 16.2. The predicted octanol–water partition coefficient (Wildman–Crippen LogP) is 2.01. The molecule has 21 heavy (non-hydrogen) atoms. The molecule has 1 aromatic carbocycles. The van der Waals surface area contributed by atoms with Gasteiger partial charge in [-0.2, -0.15) is 0 Å². The third-order valence-electron chi connectivity index (χ3n) is 4.65. The van der Waals surface area contributed by atoms with Gasteiger partial charge in [-0.1, -0.05) is 30.3 Å². The second-order valence-corrected chi connectivity index (χ2v) is 5.97. The summed E-state index contributed by atoms with van der Waals surface area (Å²) in [4.78, 5) is 27.0. The van der Waals surface area contributed by atoms with Gasteiger partial charge in [-0.25, -0.2) is 0 Å². The van der Waals surface area contributed by atoms with E-state index in [9.17, 15) is 9.59 Å². The zero-order chi connectivity index (χ0) is 14.7. The highest BCUT2D eigenvalue weighted by molar-refractivity contribution is 6.01. The summed E-state index contributed by atoms with van der Waals surface area (Å²) >= 11 is 0. The number of hydrogen-bond acceptors (Lipinski definition) is 3. The molecule has 0 aromatic heterocycles. The normalized spacial score (nSPS) is 21.2. The van der Waals surface area contributed by atoms with Gasteiger partial charge in [-0.05, 0) is 37.4 Å². The van der Waals surface area contributed by atoms with Gasteiger partial charge in [0.25, 0.3) is 0 Å². The largest absolute Gasteiger partial charge is 0.302 e. The van der Waals surface area contributed by atoms with Crippen LogP contribution in [0.1, 0.15) is 37.2 Å². The molecule has 2 fully saturated rings. The smallest absolute Gasteiger partial charge is 0.229 e. The number of piperidine rings is 1. The zero-order valence-electron chi connectivity index (χ0n) is 12.3. The van der Waals surface area contributed by atoms with Crippen molar-refractivity contribution < 1.29 is 9.59 Å². The van der Waals surface area contributed by atoms with Crippen molar-refractivity contribution in [2.24, 2.45) is 0 Å². The summed E-state index contributed by atoms with van der Waals surface area (Å²) in [5.74, 6) is 0.649. The van der Waals surface area contributed by atoms with Crippen LogP contribution in [0.4, 0.5) is 0 Å². The second-order valence-electron chi connectivity index (χ2n) is 5.97. The molecule has 2 aliphatic heterocycles. The summed E-state index contributed by atoms with van der Waals surface area (Å²) in [7, 11) is 0. The molecule has 3 rings (SSSR count). The summed E-state index contributed by atoms with van der Waals surface area (Å²) in [6, 6.07) is 10.7. The SMILES string of the molecule is O=C1CCC(=O)N1CCN1CCC(c2ccccc2)CC1. The third-order valence-corrected chi connectivity index (χ3v) is 4.65. The molecule has 0 aliphatic carbocycles. The van der Waals surface area contributed by atoms with Crippen LogP contribution in [0.3, 0.4) is 0 Å². The van der Waals surface area contributed by atoms with Crippen molar-refractivity contribution >= 4 is 11.8 Å². The van der Waals surface area contributed by atoms with Crippen molar-refractivity contribution in [1.29, 1.82) is 0 Å². The van der Waals surface area contributed by atoms with E-state index >= 15 is 0 Å². The van der Waals surface area contributed by atoms with Gasteiger partial charge in [0, 0.05) is 25.9 Å². The highest BCUT2D eigenvalue weighted by Crippen LogP contribution is 2.27. The van der Waals surface area contributed by atoms with Crippen molar-refractivity contribution in [3.63, 3.8) is 0 Å². The summed E-state index contributed by atoms with van der Waals surface area (Å²) < 4.78 is 0.